The highest BCUT2D eigenvalue weighted by Gasteiger charge is 2.12. The zero-order valence-corrected chi connectivity index (χ0v) is 14.1. The molecule has 2 aromatic rings. The Morgan fingerprint density at radius 2 is 1.17 bits per heavy atom. The van der Waals surface area contributed by atoms with Crippen LogP contribution in [0.3, 0.4) is 0 Å². The molecule has 0 radical (unpaired) electrons. The summed E-state index contributed by atoms with van der Waals surface area (Å²) >= 11 is 11.1. The van der Waals surface area contributed by atoms with Crippen molar-refractivity contribution in [1.82, 2.24) is 9.97 Å². The van der Waals surface area contributed by atoms with Crippen LogP contribution in [0.4, 0.5) is 11.4 Å². The molecule has 0 atom stereocenters. The van der Waals surface area contributed by atoms with E-state index in [1.807, 2.05) is 6.79 Å². The topological polar surface area (TPSA) is 129 Å². The molecule has 0 aromatic carbocycles. The summed E-state index contributed by atoms with van der Waals surface area (Å²) in [5.74, 6) is 0. The lowest BCUT2D eigenvalue weighted by Crippen LogP contribution is -1.91. The molecule has 0 saturated heterocycles. The second kappa shape index (κ2) is 10.2. The second-order valence-corrected chi connectivity index (χ2v) is 4.88. The highest BCUT2D eigenvalue weighted by molar-refractivity contribution is 6.32. The molecule has 128 valence electrons. The number of pyridine rings is 2. The Bertz CT molecular complexity index is 681. The fourth-order valence-electron chi connectivity index (χ4n) is 1.31. The molecular weight excluding hydrogens is 363 g/mol. The molecule has 0 N–H and O–H groups in total. The van der Waals surface area contributed by atoms with Crippen molar-refractivity contribution in [1.29, 1.82) is 0 Å². The summed E-state index contributed by atoms with van der Waals surface area (Å²) in [6.07, 6.45) is 2.30. The van der Waals surface area contributed by atoms with E-state index in [-0.39, 0.29) is 21.4 Å². The molecule has 0 fully saturated rings. The molecule has 0 bridgehead atoms. The number of hydrogen-bond acceptors (Lipinski definition) is 7. The predicted octanol–water partition coefficient (Wildman–Crippen LogP) is 3.72. The zero-order chi connectivity index (χ0) is 18.9. The maximum atomic E-state index is 10.2. The van der Waals surface area contributed by atoms with Crippen LogP contribution >= 0.6 is 23.2 Å². The van der Waals surface area contributed by atoms with Gasteiger partial charge >= 0.3 is 11.4 Å². The van der Waals surface area contributed by atoms with Crippen LogP contribution in [0.5, 0.6) is 0 Å². The lowest BCUT2D eigenvalue weighted by Gasteiger charge is -1.94. The molecule has 0 spiro atoms. The van der Waals surface area contributed by atoms with Gasteiger partial charge in [0.15, 0.2) is 0 Å². The van der Waals surface area contributed by atoms with Gasteiger partial charge in [-0.1, -0.05) is 23.2 Å². The van der Waals surface area contributed by atoms with Crippen molar-refractivity contribution in [3.63, 3.8) is 0 Å². The summed E-state index contributed by atoms with van der Waals surface area (Å²) in [6.45, 7) is 5.44. The Kier molecular flexibility index (Phi) is 9.06. The third-order valence-electron chi connectivity index (χ3n) is 2.33. The van der Waals surface area contributed by atoms with E-state index in [0.29, 0.717) is 11.4 Å². The van der Waals surface area contributed by atoms with E-state index in [0.717, 1.165) is 12.4 Å². The van der Waals surface area contributed by atoms with Gasteiger partial charge in [0.25, 0.3) is 0 Å². The van der Waals surface area contributed by atoms with Crippen molar-refractivity contribution in [3.8, 4) is 0 Å². The third-order valence-corrected chi connectivity index (χ3v) is 2.94. The van der Waals surface area contributed by atoms with E-state index in [2.05, 4.69) is 9.97 Å². The van der Waals surface area contributed by atoms with Gasteiger partial charge in [0.05, 0.1) is 9.85 Å². The highest BCUT2D eigenvalue weighted by Crippen LogP contribution is 2.23. The smallest absolute Gasteiger partial charge is 0.306 e. The molecule has 2 rings (SSSR count). The number of aromatic nitrogens is 2. The van der Waals surface area contributed by atoms with Crippen LogP contribution in [0.1, 0.15) is 11.4 Å². The van der Waals surface area contributed by atoms with Crippen LogP contribution in [0.2, 0.25) is 10.0 Å². The molecule has 0 saturated carbocycles. The molecule has 11 heteroatoms. The summed E-state index contributed by atoms with van der Waals surface area (Å²) < 4.78 is 0. The molecule has 2 heterocycles. The summed E-state index contributed by atoms with van der Waals surface area (Å²) in [5, 5.41) is 20.7. The van der Waals surface area contributed by atoms with E-state index >= 15 is 0 Å². The Morgan fingerprint density at radius 1 is 0.875 bits per heavy atom. The fourth-order valence-corrected chi connectivity index (χ4v) is 1.86. The third kappa shape index (κ3) is 6.63. The number of aryl methyl sites for hydroxylation is 2. The minimum absolute atomic E-state index is 0.127. The molecule has 0 aliphatic carbocycles. The minimum atomic E-state index is -0.561. The number of carbonyl (C=O) groups excluding carboxylic acids is 1. The molecule has 9 nitrogen and oxygen atoms in total. The Balaban J connectivity index is 0.000000400. The molecule has 0 unspecified atom stereocenters. The molecule has 0 aliphatic rings. The van der Waals surface area contributed by atoms with Crippen LogP contribution in [-0.2, 0) is 4.79 Å². The van der Waals surface area contributed by atoms with Crippen LogP contribution in [0.15, 0.2) is 24.5 Å². The minimum Gasteiger partial charge on any atom is -0.307 e. The van der Waals surface area contributed by atoms with Crippen molar-refractivity contribution < 1.29 is 14.6 Å². The van der Waals surface area contributed by atoms with E-state index < -0.39 is 9.85 Å². The van der Waals surface area contributed by atoms with Crippen LogP contribution < -0.4 is 0 Å². The maximum absolute atomic E-state index is 10.2. The highest BCUT2D eigenvalue weighted by atomic mass is 35.5. The van der Waals surface area contributed by atoms with E-state index in [1.54, 1.807) is 13.8 Å². The molecule has 0 aliphatic heterocycles. The first kappa shape index (κ1) is 21.4. The van der Waals surface area contributed by atoms with Gasteiger partial charge in [0, 0.05) is 11.4 Å². The Labute approximate surface area is 146 Å². The average molecular weight is 375 g/mol. The summed E-state index contributed by atoms with van der Waals surface area (Å²) in [7, 11) is 0. The van der Waals surface area contributed by atoms with E-state index in [9.17, 15) is 20.2 Å². The number of rotatable bonds is 2. The molecular formula is C13H12Cl2N4O5. The largest absolute Gasteiger partial charge is 0.307 e. The van der Waals surface area contributed by atoms with Gasteiger partial charge in [-0.25, -0.2) is 0 Å². The number of halogens is 2. The first-order valence-corrected chi connectivity index (χ1v) is 6.80. The SMILES string of the molecule is C=O.Cc1cc(Cl)c([N+](=O)[O-])cn1.Cc1cc(Cl)c([N+](=O)[O-])cn1. The molecule has 2 aromatic heterocycles. The standard InChI is InChI=1S/2C6H5ClN2O2.CH2O/c2*1-4-2-5(7)6(3-8-4)9(10)11;1-2/h2*2-3H,1H3;1H2. The fraction of sp³-hybridized carbons (Fsp3) is 0.154. The van der Waals surface area contributed by atoms with Crippen LogP contribution in [-0.4, -0.2) is 26.6 Å². The van der Waals surface area contributed by atoms with Gasteiger partial charge in [-0.15, -0.1) is 0 Å². The van der Waals surface area contributed by atoms with Crippen molar-refractivity contribution in [2.75, 3.05) is 0 Å². The second-order valence-electron chi connectivity index (χ2n) is 4.07. The van der Waals surface area contributed by atoms with Gasteiger partial charge in [-0.2, -0.15) is 0 Å². The number of nitro groups is 2. The zero-order valence-electron chi connectivity index (χ0n) is 12.6. The summed E-state index contributed by atoms with van der Waals surface area (Å²) in [5.41, 5.74) is 1.02. The van der Waals surface area contributed by atoms with Crippen LogP contribution in [0, 0.1) is 34.1 Å². The average Bonchev–Trinajstić information content (AvgIpc) is 2.49. The number of nitrogens with zero attached hydrogens (tertiary/aromatic N) is 4. The normalized spacial score (nSPS) is 9.00. The monoisotopic (exact) mass is 374 g/mol. The van der Waals surface area contributed by atoms with Crippen LogP contribution in [0.25, 0.3) is 0 Å². The van der Waals surface area contributed by atoms with Gasteiger partial charge in [0.2, 0.25) is 0 Å². The first-order valence-electron chi connectivity index (χ1n) is 6.04. The van der Waals surface area contributed by atoms with Crippen molar-refractivity contribution >= 4 is 41.4 Å². The van der Waals surface area contributed by atoms with Crippen molar-refractivity contribution in [3.05, 3.63) is 66.2 Å². The van der Waals surface area contributed by atoms with Gasteiger partial charge in [-0.3, -0.25) is 30.2 Å². The number of carbonyl (C=O) groups is 1. The molecule has 0 amide bonds. The predicted molar refractivity (Wildman–Crippen MR) is 88.4 cm³/mol. The lowest BCUT2D eigenvalue weighted by molar-refractivity contribution is -0.385. The quantitative estimate of drug-likeness (QED) is 0.578. The van der Waals surface area contributed by atoms with E-state index in [4.69, 9.17) is 28.0 Å². The summed E-state index contributed by atoms with van der Waals surface area (Å²) in [6, 6.07) is 2.92. The number of hydrogen-bond donors (Lipinski definition) is 0. The first-order chi connectivity index (χ1) is 11.2. The van der Waals surface area contributed by atoms with E-state index in [1.165, 1.54) is 12.1 Å². The van der Waals surface area contributed by atoms with Crippen molar-refractivity contribution in [2.45, 2.75) is 13.8 Å². The summed E-state index contributed by atoms with van der Waals surface area (Å²) in [4.78, 5) is 34.8. The van der Waals surface area contributed by atoms with Crippen molar-refractivity contribution in [2.24, 2.45) is 0 Å². The Hall–Kier alpha value is -2.65. The Morgan fingerprint density at radius 3 is 1.38 bits per heavy atom. The van der Waals surface area contributed by atoms with Gasteiger partial charge < -0.3 is 4.79 Å². The maximum Gasteiger partial charge on any atom is 0.306 e. The molecule has 24 heavy (non-hydrogen) atoms. The van der Waals surface area contributed by atoms with Gasteiger partial charge in [0.1, 0.15) is 29.2 Å². The lowest BCUT2D eigenvalue weighted by atomic mass is 10.3. The van der Waals surface area contributed by atoms with Gasteiger partial charge in [-0.05, 0) is 26.0 Å².